The molecule has 6 nitrogen and oxygen atoms in total. The number of nitrogens with zero attached hydrogens (tertiary/aromatic N) is 2. The minimum Gasteiger partial charge on any atom is -0.287 e. The molecule has 0 aliphatic carbocycles. The fourth-order valence-corrected chi connectivity index (χ4v) is 1.37. The lowest BCUT2D eigenvalue weighted by atomic mass is 10.3. The zero-order valence-corrected chi connectivity index (χ0v) is 8.29. The molecular weight excluding hydrogens is 208 g/mol. The summed E-state index contributed by atoms with van der Waals surface area (Å²) in [5.74, 6) is 0.470. The Balaban J connectivity index is 2.40. The third kappa shape index (κ3) is 1.86. The van der Waals surface area contributed by atoms with Gasteiger partial charge in [0.05, 0.1) is 11.9 Å². The summed E-state index contributed by atoms with van der Waals surface area (Å²) in [4.78, 5) is 12.8. The summed E-state index contributed by atoms with van der Waals surface area (Å²) in [5.41, 5.74) is 2.21. The van der Waals surface area contributed by atoms with E-state index in [-0.39, 0.29) is 0 Å². The minimum atomic E-state index is -0.657. The molecule has 1 aromatic carbocycles. The first-order valence-electron chi connectivity index (χ1n) is 4.61. The van der Waals surface area contributed by atoms with Gasteiger partial charge in [-0.05, 0) is 12.1 Å². The Morgan fingerprint density at radius 3 is 2.62 bits per heavy atom. The van der Waals surface area contributed by atoms with Gasteiger partial charge in [-0.2, -0.15) is 5.10 Å². The van der Waals surface area contributed by atoms with Gasteiger partial charge < -0.3 is 0 Å². The number of aromatic amines is 1. The van der Waals surface area contributed by atoms with E-state index < -0.39 is 6.03 Å². The lowest BCUT2D eigenvalue weighted by molar-refractivity contribution is 0.168. The molecule has 0 aliphatic rings. The Kier molecular flexibility index (Phi) is 2.84. The Morgan fingerprint density at radius 1 is 1.31 bits per heavy atom. The highest BCUT2D eigenvalue weighted by molar-refractivity contribution is 5.97. The van der Waals surface area contributed by atoms with Gasteiger partial charge in [0.15, 0.2) is 0 Å². The number of rotatable bonds is 2. The smallest absolute Gasteiger partial charge is 0.287 e. The fraction of sp³-hybridized carbons (Fsp3) is 0. The van der Waals surface area contributed by atoms with Crippen LogP contribution in [0, 0.1) is 0 Å². The minimum absolute atomic E-state index is 0.470. The Morgan fingerprint density at radius 2 is 2.06 bits per heavy atom. The molecule has 2 rings (SSSR count). The Labute approximate surface area is 91.5 Å². The average Bonchev–Trinajstić information content (AvgIpc) is 2.84. The van der Waals surface area contributed by atoms with E-state index in [1.54, 1.807) is 35.8 Å². The van der Waals surface area contributed by atoms with E-state index in [4.69, 9.17) is 5.21 Å². The van der Waals surface area contributed by atoms with Crippen LogP contribution in [0.5, 0.6) is 0 Å². The van der Waals surface area contributed by atoms with Crippen LogP contribution in [0.4, 0.5) is 16.3 Å². The molecule has 3 N–H and O–H groups in total. The molecule has 6 heteroatoms. The van der Waals surface area contributed by atoms with Crippen molar-refractivity contribution in [2.75, 3.05) is 4.90 Å². The number of aromatic nitrogens is 2. The maximum Gasteiger partial charge on any atom is 0.351 e. The Hall–Kier alpha value is -2.34. The van der Waals surface area contributed by atoms with Crippen LogP contribution in [0.15, 0.2) is 42.6 Å². The van der Waals surface area contributed by atoms with Crippen LogP contribution in [-0.4, -0.2) is 21.4 Å². The standard InChI is InChI=1S/C10H10N4O2/c15-10(13-16)14(9-6-7-11-12-9)8-4-2-1-3-5-8/h1-7,16H,(H,11,12)(H,13,15). The second-order valence-electron chi connectivity index (χ2n) is 3.03. The van der Waals surface area contributed by atoms with Gasteiger partial charge in [0.2, 0.25) is 0 Å². The zero-order chi connectivity index (χ0) is 11.4. The molecule has 0 atom stereocenters. The topological polar surface area (TPSA) is 81.2 Å². The first-order chi connectivity index (χ1) is 7.83. The molecule has 0 fully saturated rings. The van der Waals surface area contributed by atoms with Crippen LogP contribution in [0.2, 0.25) is 0 Å². The number of benzene rings is 1. The van der Waals surface area contributed by atoms with Crippen molar-refractivity contribution in [1.82, 2.24) is 15.7 Å². The van der Waals surface area contributed by atoms with E-state index in [0.29, 0.717) is 11.5 Å². The van der Waals surface area contributed by atoms with E-state index in [1.807, 2.05) is 6.07 Å². The number of hydrogen-bond donors (Lipinski definition) is 3. The average molecular weight is 218 g/mol. The maximum absolute atomic E-state index is 11.5. The van der Waals surface area contributed by atoms with Gasteiger partial charge in [-0.1, -0.05) is 18.2 Å². The molecule has 1 heterocycles. The molecule has 2 aromatic rings. The van der Waals surface area contributed by atoms with Gasteiger partial charge in [-0.25, -0.2) is 15.2 Å². The van der Waals surface area contributed by atoms with Gasteiger partial charge in [0.25, 0.3) is 0 Å². The molecule has 2 amide bonds. The van der Waals surface area contributed by atoms with Gasteiger partial charge >= 0.3 is 6.03 Å². The quantitative estimate of drug-likeness (QED) is 0.529. The van der Waals surface area contributed by atoms with Gasteiger partial charge in [0, 0.05) is 6.07 Å². The molecule has 1 aromatic heterocycles. The summed E-state index contributed by atoms with van der Waals surface area (Å²) >= 11 is 0. The summed E-state index contributed by atoms with van der Waals surface area (Å²) in [6.45, 7) is 0. The third-order valence-corrected chi connectivity index (χ3v) is 2.04. The van der Waals surface area contributed by atoms with Crippen molar-refractivity contribution in [3.05, 3.63) is 42.6 Å². The van der Waals surface area contributed by atoms with Crippen molar-refractivity contribution in [3.63, 3.8) is 0 Å². The predicted octanol–water partition coefficient (Wildman–Crippen LogP) is 1.65. The highest BCUT2D eigenvalue weighted by Crippen LogP contribution is 2.22. The highest BCUT2D eigenvalue weighted by atomic mass is 16.5. The summed E-state index contributed by atoms with van der Waals surface area (Å²) < 4.78 is 0. The van der Waals surface area contributed by atoms with Crippen molar-refractivity contribution >= 4 is 17.5 Å². The Bertz CT molecular complexity index is 455. The number of para-hydroxylation sites is 1. The lowest BCUT2D eigenvalue weighted by Gasteiger charge is -2.19. The van der Waals surface area contributed by atoms with E-state index in [0.717, 1.165) is 0 Å². The monoisotopic (exact) mass is 218 g/mol. The third-order valence-electron chi connectivity index (χ3n) is 2.04. The lowest BCUT2D eigenvalue weighted by Crippen LogP contribution is -2.35. The van der Waals surface area contributed by atoms with Crippen LogP contribution in [0.1, 0.15) is 0 Å². The summed E-state index contributed by atoms with van der Waals surface area (Å²) in [6.07, 6.45) is 1.52. The number of hydrogen-bond acceptors (Lipinski definition) is 3. The van der Waals surface area contributed by atoms with Crippen LogP contribution in [0.25, 0.3) is 0 Å². The van der Waals surface area contributed by atoms with Crippen LogP contribution >= 0.6 is 0 Å². The fourth-order valence-electron chi connectivity index (χ4n) is 1.37. The molecule has 0 aliphatic heterocycles. The summed E-state index contributed by atoms with van der Waals surface area (Å²) in [6, 6.07) is 9.89. The van der Waals surface area contributed by atoms with E-state index in [9.17, 15) is 4.79 Å². The van der Waals surface area contributed by atoms with Gasteiger partial charge in [-0.15, -0.1) is 0 Å². The predicted molar refractivity (Wildman–Crippen MR) is 57.5 cm³/mol. The molecule has 82 valence electrons. The molecule has 16 heavy (non-hydrogen) atoms. The largest absolute Gasteiger partial charge is 0.351 e. The van der Waals surface area contributed by atoms with Gasteiger partial charge in [0.1, 0.15) is 5.82 Å². The molecule has 0 radical (unpaired) electrons. The number of carbonyl (C=O) groups is 1. The maximum atomic E-state index is 11.5. The second kappa shape index (κ2) is 4.45. The van der Waals surface area contributed by atoms with E-state index in [1.165, 1.54) is 11.1 Å². The number of hydroxylamine groups is 1. The van der Waals surface area contributed by atoms with Crippen molar-refractivity contribution in [2.24, 2.45) is 0 Å². The number of nitrogens with one attached hydrogen (secondary N) is 2. The van der Waals surface area contributed by atoms with Crippen LogP contribution in [-0.2, 0) is 0 Å². The number of carbonyl (C=O) groups excluding carboxylic acids is 1. The van der Waals surface area contributed by atoms with Crippen LogP contribution < -0.4 is 10.4 Å². The SMILES string of the molecule is O=C(NO)N(c1ccccc1)c1ccn[nH]1. The van der Waals surface area contributed by atoms with Crippen molar-refractivity contribution in [3.8, 4) is 0 Å². The summed E-state index contributed by atoms with van der Waals surface area (Å²) in [5, 5.41) is 15.1. The first-order valence-corrected chi connectivity index (χ1v) is 4.61. The zero-order valence-electron chi connectivity index (χ0n) is 8.29. The highest BCUT2D eigenvalue weighted by Gasteiger charge is 2.17. The number of amides is 2. The number of urea groups is 1. The second-order valence-corrected chi connectivity index (χ2v) is 3.03. The van der Waals surface area contributed by atoms with E-state index >= 15 is 0 Å². The van der Waals surface area contributed by atoms with Crippen molar-refractivity contribution in [1.29, 1.82) is 0 Å². The van der Waals surface area contributed by atoms with Crippen molar-refractivity contribution < 1.29 is 10.0 Å². The van der Waals surface area contributed by atoms with Crippen LogP contribution in [0.3, 0.4) is 0 Å². The number of H-pyrrole nitrogens is 1. The molecule has 0 spiro atoms. The number of anilines is 2. The normalized spacial score (nSPS) is 9.81. The molecular formula is C10H10N4O2. The molecule has 0 bridgehead atoms. The summed E-state index contributed by atoms with van der Waals surface area (Å²) in [7, 11) is 0. The first kappa shape index (κ1) is 10.2. The molecule has 0 saturated heterocycles. The van der Waals surface area contributed by atoms with E-state index in [2.05, 4.69) is 10.2 Å². The molecule has 0 unspecified atom stereocenters. The van der Waals surface area contributed by atoms with Gasteiger partial charge in [-0.3, -0.25) is 10.3 Å². The van der Waals surface area contributed by atoms with Crippen molar-refractivity contribution in [2.45, 2.75) is 0 Å². The molecule has 0 saturated carbocycles.